The minimum absolute atomic E-state index is 0.00459. The fourth-order valence-electron chi connectivity index (χ4n) is 12.6. The average Bonchev–Trinajstić information content (AvgIpc) is 1.43. The molecule has 0 spiro atoms. The molecule has 4 unspecified atom stereocenters. The Hall–Kier alpha value is -8.42. The first-order valence-corrected chi connectivity index (χ1v) is 35.0. The van der Waals surface area contributed by atoms with Crippen molar-refractivity contribution in [3.8, 4) is 0 Å². The van der Waals surface area contributed by atoms with Gasteiger partial charge < -0.3 is 21.3 Å². The normalized spacial score (nSPS) is 19.5. The van der Waals surface area contributed by atoms with Gasteiger partial charge >= 0.3 is 0 Å². The monoisotopic (exact) mass is 1660 g/mol. The predicted octanol–water partition coefficient (Wildman–Crippen LogP) is 17.4. The summed E-state index contributed by atoms with van der Waals surface area (Å²) in [6.07, 6.45) is 2.30. The van der Waals surface area contributed by atoms with Gasteiger partial charge in [-0.1, -0.05) is 191 Å². The number of hydrogen-bond donors (Lipinski definition) is 4. The van der Waals surface area contributed by atoms with Crippen molar-refractivity contribution in [1.29, 1.82) is 0 Å². The maximum atomic E-state index is 14.7. The lowest BCUT2D eigenvalue weighted by molar-refractivity contribution is 0.392. The Balaban J connectivity index is 0.000000118. The number of anilines is 4. The van der Waals surface area contributed by atoms with Crippen LogP contribution in [0, 0.1) is 49.9 Å². The SMILES string of the molecule is Cc1ccc(F)c(C2CC(c3cccc(Br)c3)Nc3nnnn32)c1F.Cc1ccc(F)c([C@H]2C[C@@H](c3cccc(Br)c3)Nc3nnnn32)c1F.Cc1cccc(C2CC(c3cccc(Br)c3)Nc3nnnn32)c1F.Clc1ccc(Br)cc1[C@H]1C[C@@H](c2cccc(Br)c2)Nc2nnnn21. The quantitative estimate of drug-likeness (QED) is 0.104. The highest BCUT2D eigenvalue weighted by molar-refractivity contribution is 9.11. The van der Waals surface area contributed by atoms with E-state index in [9.17, 15) is 22.0 Å². The van der Waals surface area contributed by atoms with Gasteiger partial charge in [-0.15, -0.1) is 0 Å². The van der Waals surface area contributed by atoms with E-state index in [2.05, 4.69) is 181 Å². The Morgan fingerprint density at radius 3 is 1.04 bits per heavy atom. The van der Waals surface area contributed by atoms with Crippen LogP contribution in [-0.2, 0) is 0 Å². The summed E-state index contributed by atoms with van der Waals surface area (Å²) in [5.74, 6) is -0.511. The lowest BCUT2D eigenvalue weighted by atomic mass is 9.92. The molecular weight excluding hydrogens is 1610 g/mol. The van der Waals surface area contributed by atoms with Crippen LogP contribution in [0.1, 0.15) is 135 Å². The van der Waals surface area contributed by atoms with Gasteiger partial charge in [0.1, 0.15) is 29.1 Å². The van der Waals surface area contributed by atoms with Crippen molar-refractivity contribution >= 4 is 115 Å². The van der Waals surface area contributed by atoms with Crippen LogP contribution in [0.2, 0.25) is 5.02 Å². The number of benzene rings is 8. The van der Waals surface area contributed by atoms with Crippen LogP contribution < -0.4 is 21.3 Å². The molecule has 8 aromatic carbocycles. The molecular formula is C67H55Br5ClF5N20. The standard InChI is InChI=1S/2C17H14BrF2N5.C17H15BrFN5.C16H12Br2ClN5/c2*1-9-5-6-12(19)15(16(9)20)14-8-13(10-3-2-4-11(18)7-10)21-17-22-23-24-25(14)17;1-10-4-2-7-13(16(10)19)15-9-14(11-5-3-6-12(18)8-11)20-17-21-22-23-24(15)17;17-10-3-1-2-9(6-10)14-8-15(24-16(20-14)21-22-23-24)12-7-11(18)4-5-13(12)19/h2*2-7,13-14H,8H2,1H3,(H,21,22,24);2-8,14-15H,9H2,1H3,(H,20,21,23);1-7,14-15H,8H2,(H,20,21,23)/t13-,14+;;;14-,15+/m0..0/s1. The van der Waals surface area contributed by atoms with Gasteiger partial charge in [-0.3, -0.25) is 0 Å². The second-order valence-electron chi connectivity index (χ2n) is 23.6. The summed E-state index contributed by atoms with van der Waals surface area (Å²) in [5, 5.41) is 60.9. The molecule has 0 bridgehead atoms. The number of hydrogen-bond acceptors (Lipinski definition) is 16. The third kappa shape index (κ3) is 14.5. The molecule has 0 saturated heterocycles. The Morgan fingerprint density at radius 2 is 0.673 bits per heavy atom. The molecule has 12 aromatic rings. The molecule has 4 aliphatic rings. The number of rotatable bonds is 8. The van der Waals surface area contributed by atoms with E-state index < -0.39 is 35.4 Å². The minimum atomic E-state index is -0.630. The lowest BCUT2D eigenvalue weighted by Crippen LogP contribution is -2.29. The molecule has 0 amide bonds. The topological polar surface area (TPSA) is 223 Å². The molecule has 4 N–H and O–H groups in total. The largest absolute Gasteiger partial charge is 0.346 e. The first-order valence-electron chi connectivity index (χ1n) is 30.6. The summed E-state index contributed by atoms with van der Waals surface area (Å²) in [7, 11) is 0. The fourth-order valence-corrected chi connectivity index (χ4v) is 14.9. The van der Waals surface area contributed by atoms with E-state index in [1.165, 1.54) is 39.2 Å². The van der Waals surface area contributed by atoms with E-state index >= 15 is 0 Å². The van der Waals surface area contributed by atoms with Crippen molar-refractivity contribution in [2.45, 2.75) is 94.8 Å². The highest BCUT2D eigenvalue weighted by Crippen LogP contribution is 2.45. The smallest absolute Gasteiger partial charge is 0.244 e. The van der Waals surface area contributed by atoms with E-state index in [1.807, 2.05) is 109 Å². The van der Waals surface area contributed by atoms with Crippen LogP contribution in [0.3, 0.4) is 0 Å². The third-order valence-corrected chi connectivity index (χ3v) is 20.2. The van der Waals surface area contributed by atoms with Crippen molar-refractivity contribution in [1.82, 2.24) is 80.8 Å². The van der Waals surface area contributed by atoms with Gasteiger partial charge in [-0.2, -0.15) is 0 Å². The number of nitrogens with zero attached hydrogens (tertiary/aromatic N) is 16. The van der Waals surface area contributed by atoms with Crippen molar-refractivity contribution in [3.63, 3.8) is 0 Å². The highest BCUT2D eigenvalue weighted by Gasteiger charge is 2.38. The van der Waals surface area contributed by atoms with Crippen LogP contribution >= 0.6 is 91.3 Å². The zero-order valence-electron chi connectivity index (χ0n) is 51.8. The summed E-state index contributed by atoms with van der Waals surface area (Å²) in [4.78, 5) is 0. The molecule has 0 radical (unpaired) electrons. The van der Waals surface area contributed by atoms with Gasteiger partial charge in [-0.05, 0) is 212 Å². The van der Waals surface area contributed by atoms with Crippen LogP contribution in [0.5, 0.6) is 0 Å². The third-order valence-electron chi connectivity index (χ3n) is 17.4. The number of nitrogens with one attached hydrogen (secondary N) is 4. The molecule has 8 heterocycles. The zero-order valence-corrected chi connectivity index (χ0v) is 60.5. The van der Waals surface area contributed by atoms with Crippen LogP contribution in [-0.4, -0.2) is 80.8 Å². The first kappa shape index (κ1) is 68.1. The van der Waals surface area contributed by atoms with Gasteiger partial charge in [0, 0.05) is 44.1 Å². The first-order chi connectivity index (χ1) is 47.3. The molecule has 4 aliphatic heterocycles. The van der Waals surface area contributed by atoms with Crippen molar-refractivity contribution in [2.75, 3.05) is 21.3 Å². The molecule has 20 nitrogen and oxygen atoms in total. The Labute approximate surface area is 604 Å². The van der Waals surface area contributed by atoms with Gasteiger partial charge in [0.2, 0.25) is 23.8 Å². The van der Waals surface area contributed by atoms with Gasteiger partial charge in [0.05, 0.1) is 48.3 Å². The lowest BCUT2D eigenvalue weighted by Gasteiger charge is -2.31. The van der Waals surface area contributed by atoms with Gasteiger partial charge in [0.15, 0.2) is 0 Å². The summed E-state index contributed by atoms with van der Waals surface area (Å²) in [6, 6.07) is 46.8. The van der Waals surface area contributed by atoms with E-state index in [1.54, 1.807) is 36.2 Å². The number of tetrazole rings is 4. The van der Waals surface area contributed by atoms with Gasteiger partial charge in [0.25, 0.3) is 0 Å². The summed E-state index contributed by atoms with van der Waals surface area (Å²) in [5.41, 5.74) is 7.28. The number of fused-ring (bicyclic) bond motifs is 4. The number of halogens is 11. The van der Waals surface area contributed by atoms with Crippen molar-refractivity contribution in [2.24, 2.45) is 0 Å². The van der Waals surface area contributed by atoms with E-state index in [-0.39, 0.29) is 53.2 Å². The van der Waals surface area contributed by atoms with Crippen LogP contribution in [0.15, 0.2) is 180 Å². The fraction of sp³-hybridized carbons (Fsp3) is 0.224. The zero-order chi connectivity index (χ0) is 68.5. The van der Waals surface area contributed by atoms with Crippen molar-refractivity contribution in [3.05, 3.63) is 275 Å². The average molecular weight is 1670 g/mol. The second-order valence-corrected chi connectivity index (χ2v) is 28.6. The molecule has 8 atom stereocenters. The molecule has 98 heavy (non-hydrogen) atoms. The predicted molar refractivity (Wildman–Crippen MR) is 377 cm³/mol. The maximum Gasteiger partial charge on any atom is 0.244 e. The van der Waals surface area contributed by atoms with Crippen LogP contribution in [0.25, 0.3) is 0 Å². The summed E-state index contributed by atoms with van der Waals surface area (Å²) >= 11 is 23.9. The van der Waals surface area contributed by atoms with Crippen molar-refractivity contribution < 1.29 is 22.0 Å². The Morgan fingerprint density at radius 1 is 0.357 bits per heavy atom. The second kappa shape index (κ2) is 29.6. The van der Waals surface area contributed by atoms with E-state index in [0.29, 0.717) is 70.3 Å². The Kier molecular flexibility index (Phi) is 20.6. The molecule has 0 fully saturated rings. The molecule has 16 rings (SSSR count). The van der Waals surface area contributed by atoms with Crippen LogP contribution in [0.4, 0.5) is 45.7 Å². The maximum absolute atomic E-state index is 14.7. The van der Waals surface area contributed by atoms with E-state index in [0.717, 1.165) is 51.0 Å². The van der Waals surface area contributed by atoms with Gasteiger partial charge in [-0.25, -0.2) is 40.7 Å². The molecule has 500 valence electrons. The highest BCUT2D eigenvalue weighted by atomic mass is 79.9. The molecule has 31 heteroatoms. The summed E-state index contributed by atoms with van der Waals surface area (Å²) in [6.45, 7) is 5.00. The minimum Gasteiger partial charge on any atom is -0.346 e. The molecule has 0 aliphatic carbocycles. The summed E-state index contributed by atoms with van der Waals surface area (Å²) < 4.78 is 84.2. The molecule has 4 aromatic heterocycles. The van der Waals surface area contributed by atoms with E-state index in [4.69, 9.17) is 11.6 Å². The Bertz CT molecular complexity index is 4630. The number of aromatic nitrogens is 16. The molecule has 0 saturated carbocycles. The number of aryl methyl sites for hydroxylation is 3.